The SMILES string of the molecule is Cc1sc(NC(=O)NC(C)CC(C)C)c(C(=O)O)c1C. The highest BCUT2D eigenvalue weighted by atomic mass is 32.1. The van der Waals surface area contributed by atoms with Crippen molar-refractivity contribution < 1.29 is 14.7 Å². The number of thiophene rings is 1. The molecule has 0 fully saturated rings. The van der Waals surface area contributed by atoms with Crippen LogP contribution >= 0.6 is 11.3 Å². The van der Waals surface area contributed by atoms with Crippen LogP contribution in [0.15, 0.2) is 0 Å². The molecule has 0 aliphatic carbocycles. The molecule has 0 radical (unpaired) electrons. The van der Waals surface area contributed by atoms with Crippen LogP contribution in [-0.2, 0) is 0 Å². The van der Waals surface area contributed by atoms with Gasteiger partial charge in [-0.1, -0.05) is 13.8 Å². The first-order valence-corrected chi connectivity index (χ1v) is 7.44. The van der Waals surface area contributed by atoms with E-state index in [0.29, 0.717) is 16.5 Å². The number of carbonyl (C=O) groups excluding carboxylic acids is 1. The maximum Gasteiger partial charge on any atom is 0.338 e. The standard InChI is InChI=1S/C14H22N2O3S/c1-7(2)6-8(3)15-14(19)16-12-11(13(17)18)9(4)10(5)20-12/h7-8H,6H2,1-5H3,(H,17,18)(H2,15,16,19). The first-order valence-electron chi connectivity index (χ1n) is 6.63. The maximum atomic E-state index is 11.9. The zero-order valence-electron chi connectivity index (χ0n) is 12.5. The first kappa shape index (κ1) is 16.5. The Balaban J connectivity index is 2.76. The van der Waals surface area contributed by atoms with E-state index in [1.807, 2.05) is 13.8 Å². The number of nitrogens with one attached hydrogen (secondary N) is 2. The number of urea groups is 1. The minimum absolute atomic E-state index is 0.0467. The summed E-state index contributed by atoms with van der Waals surface area (Å²) in [5.41, 5.74) is 0.882. The van der Waals surface area contributed by atoms with Crippen LogP contribution in [0.4, 0.5) is 9.80 Å². The third-order valence-corrected chi connectivity index (χ3v) is 4.15. The molecule has 3 N–H and O–H groups in total. The highest BCUT2D eigenvalue weighted by molar-refractivity contribution is 7.16. The summed E-state index contributed by atoms with van der Waals surface area (Å²) in [5.74, 6) is -0.525. The van der Waals surface area contributed by atoms with E-state index < -0.39 is 5.97 Å². The molecule has 2 amide bonds. The second kappa shape index (κ2) is 6.74. The van der Waals surface area contributed by atoms with E-state index in [9.17, 15) is 14.7 Å². The number of rotatable bonds is 5. The Bertz CT molecular complexity index is 509. The molecule has 6 heteroatoms. The molecule has 1 heterocycles. The normalized spacial score (nSPS) is 12.3. The summed E-state index contributed by atoms with van der Waals surface area (Å²) in [4.78, 5) is 24.0. The number of carboxylic acid groups (broad SMARTS) is 1. The van der Waals surface area contributed by atoms with Crippen molar-refractivity contribution in [1.82, 2.24) is 5.32 Å². The molecule has 0 saturated heterocycles. The molecule has 5 nitrogen and oxygen atoms in total. The number of hydrogen-bond acceptors (Lipinski definition) is 3. The fraction of sp³-hybridized carbons (Fsp3) is 0.571. The van der Waals surface area contributed by atoms with Gasteiger partial charge in [-0.2, -0.15) is 0 Å². The van der Waals surface area contributed by atoms with Crippen LogP contribution in [0.2, 0.25) is 0 Å². The number of carbonyl (C=O) groups is 2. The third-order valence-electron chi connectivity index (χ3n) is 3.03. The monoisotopic (exact) mass is 298 g/mol. The van der Waals surface area contributed by atoms with Gasteiger partial charge in [0.2, 0.25) is 0 Å². The van der Waals surface area contributed by atoms with Gasteiger partial charge in [-0.15, -0.1) is 11.3 Å². The molecule has 0 aliphatic heterocycles. The number of aryl methyl sites for hydroxylation is 1. The molecule has 0 aromatic carbocycles. The lowest BCUT2D eigenvalue weighted by Gasteiger charge is -2.16. The van der Waals surface area contributed by atoms with Crippen LogP contribution < -0.4 is 10.6 Å². The molecule has 1 rings (SSSR count). The second-order valence-electron chi connectivity index (χ2n) is 5.42. The Morgan fingerprint density at radius 2 is 1.85 bits per heavy atom. The van der Waals surface area contributed by atoms with Crippen molar-refractivity contribution in [1.29, 1.82) is 0 Å². The van der Waals surface area contributed by atoms with E-state index in [1.54, 1.807) is 6.92 Å². The summed E-state index contributed by atoms with van der Waals surface area (Å²) < 4.78 is 0. The Labute approximate surface area is 123 Å². The van der Waals surface area contributed by atoms with Crippen molar-refractivity contribution in [3.63, 3.8) is 0 Å². The Kier molecular flexibility index (Phi) is 5.56. The fourth-order valence-corrected chi connectivity index (χ4v) is 3.15. The highest BCUT2D eigenvalue weighted by Gasteiger charge is 2.20. The third kappa shape index (κ3) is 4.23. The van der Waals surface area contributed by atoms with Crippen LogP contribution in [0.5, 0.6) is 0 Å². The summed E-state index contributed by atoms with van der Waals surface area (Å²) in [5, 5.41) is 15.1. The molecule has 1 aromatic rings. The van der Waals surface area contributed by atoms with Crippen molar-refractivity contribution in [2.24, 2.45) is 5.92 Å². The molecular weight excluding hydrogens is 276 g/mol. The first-order chi connectivity index (χ1) is 9.22. The summed E-state index contributed by atoms with van der Waals surface area (Å²) >= 11 is 1.29. The van der Waals surface area contributed by atoms with E-state index in [0.717, 1.165) is 11.3 Å². The number of anilines is 1. The van der Waals surface area contributed by atoms with Crippen molar-refractivity contribution in [3.8, 4) is 0 Å². The van der Waals surface area contributed by atoms with Gasteiger partial charge in [-0.05, 0) is 38.7 Å². The maximum absolute atomic E-state index is 11.9. The van der Waals surface area contributed by atoms with Crippen LogP contribution in [-0.4, -0.2) is 23.1 Å². The van der Waals surface area contributed by atoms with Crippen molar-refractivity contribution in [2.75, 3.05) is 5.32 Å². The molecule has 0 spiro atoms. The molecule has 0 saturated carbocycles. The molecule has 1 atom stereocenters. The molecular formula is C14H22N2O3S. The zero-order valence-corrected chi connectivity index (χ0v) is 13.4. The quantitative estimate of drug-likeness (QED) is 0.777. The van der Waals surface area contributed by atoms with Crippen LogP contribution in [0, 0.1) is 19.8 Å². The van der Waals surface area contributed by atoms with Gasteiger partial charge in [-0.3, -0.25) is 5.32 Å². The van der Waals surface area contributed by atoms with Gasteiger partial charge in [-0.25, -0.2) is 9.59 Å². The van der Waals surface area contributed by atoms with Gasteiger partial charge < -0.3 is 10.4 Å². The molecule has 1 aromatic heterocycles. The number of hydrogen-bond donors (Lipinski definition) is 3. The topological polar surface area (TPSA) is 78.4 Å². The molecule has 112 valence electrons. The van der Waals surface area contributed by atoms with Gasteiger partial charge >= 0.3 is 12.0 Å². The number of aromatic carboxylic acids is 1. The Morgan fingerprint density at radius 3 is 2.35 bits per heavy atom. The Hall–Kier alpha value is -1.56. The largest absolute Gasteiger partial charge is 0.478 e. The fourth-order valence-electron chi connectivity index (χ4n) is 2.10. The lowest BCUT2D eigenvalue weighted by atomic mass is 10.1. The number of amides is 2. The Morgan fingerprint density at radius 1 is 1.25 bits per heavy atom. The van der Waals surface area contributed by atoms with Gasteiger partial charge in [0, 0.05) is 10.9 Å². The predicted molar refractivity (Wildman–Crippen MR) is 81.8 cm³/mol. The van der Waals surface area contributed by atoms with Gasteiger partial charge in [0.1, 0.15) is 5.00 Å². The van der Waals surface area contributed by atoms with Gasteiger partial charge in [0.15, 0.2) is 0 Å². The van der Waals surface area contributed by atoms with E-state index in [4.69, 9.17) is 0 Å². The molecule has 1 unspecified atom stereocenters. The lowest BCUT2D eigenvalue weighted by molar-refractivity contribution is 0.0697. The highest BCUT2D eigenvalue weighted by Crippen LogP contribution is 2.32. The van der Waals surface area contributed by atoms with E-state index in [2.05, 4.69) is 24.5 Å². The summed E-state index contributed by atoms with van der Waals surface area (Å²) in [6, 6.07) is -0.313. The van der Waals surface area contributed by atoms with Crippen molar-refractivity contribution in [3.05, 3.63) is 16.0 Å². The second-order valence-corrected chi connectivity index (χ2v) is 6.65. The average Bonchev–Trinajstić information content (AvgIpc) is 2.52. The number of carboxylic acids is 1. The lowest BCUT2D eigenvalue weighted by Crippen LogP contribution is -2.36. The van der Waals surface area contributed by atoms with E-state index >= 15 is 0 Å². The summed E-state index contributed by atoms with van der Waals surface area (Å²) in [6.07, 6.45) is 0.877. The van der Waals surface area contributed by atoms with Gasteiger partial charge in [0.25, 0.3) is 0 Å². The molecule has 20 heavy (non-hydrogen) atoms. The summed E-state index contributed by atoms with van der Waals surface area (Å²) in [6.45, 7) is 9.70. The van der Waals surface area contributed by atoms with Gasteiger partial charge in [0.05, 0.1) is 5.56 Å². The minimum Gasteiger partial charge on any atom is -0.478 e. The predicted octanol–water partition coefficient (Wildman–Crippen LogP) is 3.62. The molecule has 0 aliphatic rings. The smallest absolute Gasteiger partial charge is 0.338 e. The van der Waals surface area contributed by atoms with Crippen LogP contribution in [0.25, 0.3) is 0 Å². The van der Waals surface area contributed by atoms with E-state index in [-0.39, 0.29) is 17.6 Å². The summed E-state index contributed by atoms with van der Waals surface area (Å²) in [7, 11) is 0. The van der Waals surface area contributed by atoms with Crippen LogP contribution in [0.3, 0.4) is 0 Å². The molecule has 0 bridgehead atoms. The average molecular weight is 298 g/mol. The minimum atomic E-state index is -1.02. The van der Waals surface area contributed by atoms with Crippen LogP contribution in [0.1, 0.15) is 48.0 Å². The van der Waals surface area contributed by atoms with E-state index in [1.165, 1.54) is 11.3 Å². The zero-order chi connectivity index (χ0) is 15.4. The van der Waals surface area contributed by atoms with Crippen molar-refractivity contribution in [2.45, 2.75) is 47.1 Å². The van der Waals surface area contributed by atoms with Crippen molar-refractivity contribution >= 4 is 28.3 Å².